The van der Waals surface area contributed by atoms with E-state index in [1.807, 2.05) is 6.07 Å². The number of amides is 2. The number of fused-ring (bicyclic) bond motifs is 1. The molecular formula is C15H19N7O4S3. The van der Waals surface area contributed by atoms with E-state index in [2.05, 4.69) is 20.8 Å². The maximum Gasteiger partial charge on any atom is 0.284 e. The molecule has 2 amide bonds. The van der Waals surface area contributed by atoms with E-state index in [1.54, 1.807) is 11.7 Å². The van der Waals surface area contributed by atoms with Crippen LogP contribution in [-0.4, -0.2) is 89.9 Å². The Morgan fingerprint density at radius 2 is 2.38 bits per heavy atom. The van der Waals surface area contributed by atoms with Crippen molar-refractivity contribution < 1.29 is 19.4 Å². The molecule has 2 N–H and O–H groups in total. The third-order valence-corrected chi connectivity index (χ3v) is 7.66. The Hall–Kier alpha value is -1.79. The van der Waals surface area contributed by atoms with Crippen molar-refractivity contribution in [2.45, 2.75) is 16.3 Å². The number of carbonyl (C=O) groups is 2. The van der Waals surface area contributed by atoms with Gasteiger partial charge in [0.15, 0.2) is 0 Å². The summed E-state index contributed by atoms with van der Waals surface area (Å²) in [6, 6.07) is 1.95. The lowest BCUT2D eigenvalue weighted by molar-refractivity contribution is -0.191. The Balaban J connectivity index is 1.72. The van der Waals surface area contributed by atoms with Crippen molar-refractivity contribution in [1.29, 1.82) is 5.26 Å². The predicted molar refractivity (Wildman–Crippen MR) is 108 cm³/mol. The molecular weight excluding hydrogens is 438 g/mol. The molecule has 14 heteroatoms. The second-order valence-electron chi connectivity index (χ2n) is 6.06. The van der Waals surface area contributed by atoms with Crippen molar-refractivity contribution in [3.05, 3.63) is 11.3 Å². The van der Waals surface area contributed by atoms with Crippen molar-refractivity contribution >= 4 is 47.1 Å². The molecule has 1 fully saturated rings. The number of carbonyl (C=O) groups excluding carboxylic acids is 2. The summed E-state index contributed by atoms with van der Waals surface area (Å²) in [5, 5.41) is 32.6. The summed E-state index contributed by atoms with van der Waals surface area (Å²) in [6.45, 7) is -0.304. The molecule has 0 radical (unpaired) electrons. The van der Waals surface area contributed by atoms with Gasteiger partial charge in [0.05, 0.1) is 24.2 Å². The van der Waals surface area contributed by atoms with Gasteiger partial charge < -0.3 is 15.2 Å². The number of methoxy groups -OCH3 is 1. The molecule has 0 unspecified atom stereocenters. The fourth-order valence-corrected chi connectivity index (χ4v) is 5.95. The summed E-state index contributed by atoms with van der Waals surface area (Å²) in [6.07, 6.45) is 0. The number of aryl methyl sites for hydroxylation is 1. The van der Waals surface area contributed by atoms with Crippen molar-refractivity contribution in [3.63, 3.8) is 0 Å². The van der Waals surface area contributed by atoms with Crippen LogP contribution >= 0.6 is 35.3 Å². The number of aromatic nitrogens is 4. The van der Waals surface area contributed by atoms with Gasteiger partial charge in [-0.05, 0) is 16.0 Å². The first-order chi connectivity index (χ1) is 14.0. The highest BCUT2D eigenvalue weighted by molar-refractivity contribution is 8.01. The number of nitrogens with one attached hydrogen (secondary N) is 1. The van der Waals surface area contributed by atoms with Crippen LogP contribution in [0, 0.1) is 11.3 Å². The molecule has 0 saturated carbocycles. The maximum absolute atomic E-state index is 12.9. The zero-order valence-corrected chi connectivity index (χ0v) is 18.1. The second-order valence-corrected chi connectivity index (χ2v) is 9.06. The predicted octanol–water partition coefficient (Wildman–Crippen LogP) is -0.821. The molecule has 3 rings (SSSR count). The molecule has 0 spiro atoms. The first-order valence-corrected chi connectivity index (χ1v) is 11.6. The minimum atomic E-state index is -1.47. The van der Waals surface area contributed by atoms with E-state index in [0.29, 0.717) is 22.4 Å². The highest BCUT2D eigenvalue weighted by Gasteiger charge is 2.65. The van der Waals surface area contributed by atoms with Gasteiger partial charge >= 0.3 is 0 Å². The molecule has 1 aromatic heterocycles. The van der Waals surface area contributed by atoms with Gasteiger partial charge in [-0.2, -0.15) is 5.26 Å². The average molecular weight is 458 g/mol. The van der Waals surface area contributed by atoms with Crippen molar-refractivity contribution in [2.75, 3.05) is 36.7 Å². The quantitative estimate of drug-likeness (QED) is 0.207. The lowest BCUT2D eigenvalue weighted by Gasteiger charge is -2.56. The summed E-state index contributed by atoms with van der Waals surface area (Å²) in [5.74, 6) is 0.511. The number of nitriles is 1. The number of thioether (sulfide) groups is 3. The van der Waals surface area contributed by atoms with Gasteiger partial charge in [-0.1, -0.05) is 11.8 Å². The summed E-state index contributed by atoms with van der Waals surface area (Å²) >= 11 is 4.02. The Morgan fingerprint density at radius 1 is 1.59 bits per heavy atom. The molecule has 3 heterocycles. The number of β-lactam (4-membered cyclic amide) rings is 1. The van der Waals surface area contributed by atoms with Crippen molar-refractivity contribution in [2.24, 2.45) is 7.05 Å². The zero-order chi connectivity index (χ0) is 21.0. The molecule has 2 aliphatic rings. The van der Waals surface area contributed by atoms with Crippen molar-refractivity contribution in [1.82, 2.24) is 30.4 Å². The molecule has 2 aliphatic heterocycles. The third kappa shape index (κ3) is 4.10. The monoisotopic (exact) mass is 457 g/mol. The Kier molecular flexibility index (Phi) is 7.06. The number of aliphatic hydroxyl groups excluding tert-OH is 1. The first kappa shape index (κ1) is 21.9. The second kappa shape index (κ2) is 9.35. The summed E-state index contributed by atoms with van der Waals surface area (Å²) in [7, 11) is 3.10. The molecule has 0 aromatic carbocycles. The van der Waals surface area contributed by atoms with Crippen LogP contribution in [0.4, 0.5) is 0 Å². The fourth-order valence-electron chi connectivity index (χ4n) is 2.99. The van der Waals surface area contributed by atoms with E-state index in [1.165, 1.54) is 35.5 Å². The van der Waals surface area contributed by atoms with Crippen LogP contribution in [0.25, 0.3) is 0 Å². The lowest BCUT2D eigenvalue weighted by Crippen LogP contribution is -2.80. The molecule has 1 saturated heterocycles. The third-order valence-electron chi connectivity index (χ3n) is 4.39. The van der Waals surface area contributed by atoms with E-state index in [4.69, 9.17) is 10.00 Å². The van der Waals surface area contributed by atoms with Crippen LogP contribution in [0.5, 0.6) is 0 Å². The molecule has 1 aromatic rings. The highest BCUT2D eigenvalue weighted by atomic mass is 32.2. The number of nitrogens with zero attached hydrogens (tertiary/aromatic N) is 6. The zero-order valence-electron chi connectivity index (χ0n) is 15.7. The topological polar surface area (TPSA) is 146 Å². The maximum atomic E-state index is 12.9. The average Bonchev–Trinajstić information content (AvgIpc) is 3.14. The Labute approximate surface area is 179 Å². The molecule has 2 atom stereocenters. The highest BCUT2D eigenvalue weighted by Crippen LogP contribution is 2.47. The van der Waals surface area contributed by atoms with E-state index in [0.717, 1.165) is 17.3 Å². The summed E-state index contributed by atoms with van der Waals surface area (Å²) in [5.41, 5.74) is -0.0560. The van der Waals surface area contributed by atoms with Crippen LogP contribution in [0.2, 0.25) is 0 Å². The van der Waals surface area contributed by atoms with Crippen molar-refractivity contribution in [3.8, 4) is 6.07 Å². The molecule has 156 valence electrons. The summed E-state index contributed by atoms with van der Waals surface area (Å²) < 4.78 is 6.99. The van der Waals surface area contributed by atoms with Gasteiger partial charge in [-0.15, -0.1) is 28.6 Å². The molecule has 11 nitrogen and oxygen atoms in total. The minimum absolute atomic E-state index is 0.0552. The number of aliphatic hydroxyl groups is 1. The number of hydrogen-bond acceptors (Lipinski definition) is 11. The van der Waals surface area contributed by atoms with E-state index in [9.17, 15) is 14.7 Å². The van der Waals surface area contributed by atoms with Crippen LogP contribution < -0.4 is 5.32 Å². The summed E-state index contributed by atoms with van der Waals surface area (Å²) in [4.78, 5) is 26.6. The smallest absolute Gasteiger partial charge is 0.284 e. The van der Waals surface area contributed by atoms with E-state index < -0.39 is 17.0 Å². The van der Waals surface area contributed by atoms with Gasteiger partial charge in [-0.25, -0.2) is 4.68 Å². The number of ether oxygens (including phenoxy) is 1. The van der Waals surface area contributed by atoms with Gasteiger partial charge in [0.2, 0.25) is 11.1 Å². The van der Waals surface area contributed by atoms with Crippen LogP contribution in [0.3, 0.4) is 0 Å². The molecule has 29 heavy (non-hydrogen) atoms. The molecule has 0 aliphatic carbocycles. The number of tetrazole rings is 1. The first-order valence-electron chi connectivity index (χ1n) is 8.41. The molecule has 0 bridgehead atoms. The van der Waals surface area contributed by atoms with Crippen LogP contribution in [0.1, 0.15) is 0 Å². The van der Waals surface area contributed by atoms with E-state index >= 15 is 0 Å². The fraction of sp³-hybridized carbons (Fsp3) is 0.600. The minimum Gasteiger partial charge on any atom is -0.390 e. The Morgan fingerprint density at radius 3 is 3.00 bits per heavy atom. The van der Waals surface area contributed by atoms with Crippen LogP contribution in [-0.2, 0) is 21.4 Å². The largest absolute Gasteiger partial charge is 0.390 e. The van der Waals surface area contributed by atoms with Gasteiger partial charge in [0.1, 0.15) is 5.37 Å². The van der Waals surface area contributed by atoms with E-state index in [-0.39, 0.29) is 24.0 Å². The van der Waals surface area contributed by atoms with Crippen LogP contribution in [0.15, 0.2) is 16.4 Å². The normalized spacial score (nSPS) is 23.4. The standard InChI is InChI=1S/C15H19N7O4S3/c1-21-14(18-19-20-21)29-7-9-6-28-13-15(26-2,12(25)22(13)10(9)5-23)17-11(24)8-27-4-3-16/h13,23H,4-8H2,1-2H3,(H,17,24)/t13-,15-/m0/s1. The van der Waals surface area contributed by atoms with Gasteiger partial charge in [-0.3, -0.25) is 14.5 Å². The Bertz CT molecular complexity index is 870. The number of rotatable bonds is 9. The SMILES string of the molecule is CO[C@@]1(NC(=O)CSCC#N)C(=O)N2C(CO)=C(CSc3nnnn3C)CS[C@H]21. The van der Waals surface area contributed by atoms with Gasteiger partial charge in [0, 0.05) is 31.4 Å². The lowest BCUT2D eigenvalue weighted by atomic mass is 9.98. The number of hydrogen-bond donors (Lipinski definition) is 2. The van der Waals surface area contributed by atoms with Gasteiger partial charge in [0.25, 0.3) is 11.6 Å².